The zero-order chi connectivity index (χ0) is 14.8. The Bertz CT molecular complexity index is 356. The van der Waals surface area contributed by atoms with Crippen LogP contribution in [0.1, 0.15) is 64.7 Å². The van der Waals surface area contributed by atoms with Gasteiger partial charge in [0.1, 0.15) is 5.78 Å². The Hall–Kier alpha value is -1.45. The molecule has 4 heteroatoms. The van der Waals surface area contributed by atoms with E-state index in [4.69, 9.17) is 0 Å². The molecular formula is C16H25NO3. The zero-order valence-electron chi connectivity index (χ0n) is 12.4. The lowest BCUT2D eigenvalue weighted by Crippen LogP contribution is -2.30. The number of nitrogens with zero attached hydrogens (tertiary/aromatic N) is 1. The molecule has 4 nitrogen and oxygen atoms in total. The summed E-state index contributed by atoms with van der Waals surface area (Å²) in [5.41, 5.74) is 0. The Morgan fingerprint density at radius 1 is 0.850 bits per heavy atom. The van der Waals surface area contributed by atoms with E-state index in [1.165, 1.54) is 36.3 Å². The predicted molar refractivity (Wildman–Crippen MR) is 78.1 cm³/mol. The van der Waals surface area contributed by atoms with Gasteiger partial charge < -0.3 is 4.79 Å². The lowest BCUT2D eigenvalue weighted by atomic mass is 10.1. The number of Topliss-reactive ketones (excluding diaryl/α,β-unsaturated/α-hetero) is 1. The Labute approximate surface area is 121 Å². The van der Waals surface area contributed by atoms with Gasteiger partial charge in [0.2, 0.25) is 0 Å². The van der Waals surface area contributed by atoms with Crippen LogP contribution in [-0.4, -0.2) is 29.0 Å². The fourth-order valence-electron chi connectivity index (χ4n) is 2.36. The average Bonchev–Trinajstić information content (AvgIpc) is 2.71. The minimum Gasteiger partial charge on any atom is -0.300 e. The highest BCUT2D eigenvalue weighted by atomic mass is 16.2. The van der Waals surface area contributed by atoms with Gasteiger partial charge in [-0.15, -0.1) is 0 Å². The third-order valence-corrected chi connectivity index (χ3v) is 3.56. The van der Waals surface area contributed by atoms with Crippen molar-refractivity contribution >= 4 is 17.6 Å². The van der Waals surface area contributed by atoms with Crippen molar-refractivity contribution in [2.45, 2.75) is 64.7 Å². The molecule has 0 saturated heterocycles. The van der Waals surface area contributed by atoms with Crippen LogP contribution in [0.25, 0.3) is 0 Å². The van der Waals surface area contributed by atoms with E-state index in [1.807, 2.05) is 0 Å². The topological polar surface area (TPSA) is 54.5 Å². The van der Waals surface area contributed by atoms with Crippen molar-refractivity contribution in [3.05, 3.63) is 12.2 Å². The number of rotatable bonds is 11. The molecule has 0 spiro atoms. The van der Waals surface area contributed by atoms with E-state index in [1.54, 1.807) is 6.92 Å². The molecule has 1 rings (SSSR count). The van der Waals surface area contributed by atoms with Crippen LogP contribution in [0.2, 0.25) is 0 Å². The van der Waals surface area contributed by atoms with Gasteiger partial charge in [0, 0.05) is 25.1 Å². The van der Waals surface area contributed by atoms with Crippen LogP contribution >= 0.6 is 0 Å². The van der Waals surface area contributed by atoms with Gasteiger partial charge in [-0.3, -0.25) is 14.5 Å². The van der Waals surface area contributed by atoms with Crippen LogP contribution in [0, 0.1) is 0 Å². The number of carbonyl (C=O) groups excluding carboxylic acids is 3. The van der Waals surface area contributed by atoms with Gasteiger partial charge in [-0.2, -0.15) is 0 Å². The third kappa shape index (κ3) is 6.64. The average molecular weight is 279 g/mol. The SMILES string of the molecule is CC(=O)CCCCCCCCCCN1C(=O)C=CC1=O. The van der Waals surface area contributed by atoms with Gasteiger partial charge in [0.15, 0.2) is 0 Å². The molecule has 112 valence electrons. The molecule has 0 atom stereocenters. The number of ketones is 1. The third-order valence-electron chi connectivity index (χ3n) is 3.56. The highest BCUT2D eigenvalue weighted by Gasteiger charge is 2.21. The fourth-order valence-corrected chi connectivity index (χ4v) is 2.36. The summed E-state index contributed by atoms with van der Waals surface area (Å²) in [6, 6.07) is 0. The quantitative estimate of drug-likeness (QED) is 0.431. The van der Waals surface area contributed by atoms with E-state index in [-0.39, 0.29) is 17.6 Å². The maximum Gasteiger partial charge on any atom is 0.253 e. The van der Waals surface area contributed by atoms with Gasteiger partial charge in [-0.05, 0) is 19.8 Å². The zero-order valence-corrected chi connectivity index (χ0v) is 12.4. The second-order valence-corrected chi connectivity index (χ2v) is 5.44. The van der Waals surface area contributed by atoms with E-state index in [2.05, 4.69) is 0 Å². The summed E-state index contributed by atoms with van der Waals surface area (Å²) >= 11 is 0. The van der Waals surface area contributed by atoms with Crippen molar-refractivity contribution in [1.29, 1.82) is 0 Å². The first-order valence-corrected chi connectivity index (χ1v) is 7.64. The largest absolute Gasteiger partial charge is 0.300 e. The van der Waals surface area contributed by atoms with Crippen molar-refractivity contribution in [2.24, 2.45) is 0 Å². The first kappa shape index (κ1) is 16.6. The molecule has 0 aliphatic carbocycles. The number of imide groups is 1. The van der Waals surface area contributed by atoms with Crippen molar-refractivity contribution in [2.75, 3.05) is 6.54 Å². The molecule has 0 unspecified atom stereocenters. The van der Waals surface area contributed by atoms with Gasteiger partial charge >= 0.3 is 0 Å². The molecule has 0 radical (unpaired) electrons. The molecule has 1 aliphatic heterocycles. The van der Waals surface area contributed by atoms with Gasteiger partial charge in [-0.1, -0.05) is 38.5 Å². The van der Waals surface area contributed by atoms with Crippen molar-refractivity contribution in [3.63, 3.8) is 0 Å². The van der Waals surface area contributed by atoms with Crippen molar-refractivity contribution in [1.82, 2.24) is 4.90 Å². The highest BCUT2D eigenvalue weighted by molar-refractivity contribution is 6.12. The molecule has 0 aromatic carbocycles. The molecular weight excluding hydrogens is 254 g/mol. The maximum absolute atomic E-state index is 11.3. The monoisotopic (exact) mass is 279 g/mol. The van der Waals surface area contributed by atoms with Gasteiger partial charge in [0.05, 0.1) is 0 Å². The maximum atomic E-state index is 11.3. The molecule has 1 aliphatic rings. The van der Waals surface area contributed by atoms with Crippen LogP contribution in [0.5, 0.6) is 0 Å². The van der Waals surface area contributed by atoms with Crippen molar-refractivity contribution in [3.8, 4) is 0 Å². The summed E-state index contributed by atoms with van der Waals surface area (Å²) < 4.78 is 0. The minimum atomic E-state index is -0.180. The number of unbranched alkanes of at least 4 members (excludes halogenated alkanes) is 7. The Kier molecular flexibility index (Phi) is 7.85. The van der Waals surface area contributed by atoms with E-state index in [9.17, 15) is 14.4 Å². The highest BCUT2D eigenvalue weighted by Crippen LogP contribution is 2.11. The van der Waals surface area contributed by atoms with Gasteiger partial charge in [0.25, 0.3) is 11.8 Å². The second kappa shape index (κ2) is 9.45. The molecule has 2 amide bonds. The minimum absolute atomic E-state index is 0.180. The van der Waals surface area contributed by atoms with Crippen LogP contribution in [0.15, 0.2) is 12.2 Å². The number of hydrogen-bond acceptors (Lipinski definition) is 3. The lowest BCUT2D eigenvalue weighted by Gasteiger charge is -2.12. The Balaban J connectivity index is 1.87. The molecule has 0 saturated carbocycles. The van der Waals surface area contributed by atoms with E-state index < -0.39 is 0 Å². The normalized spacial score (nSPS) is 14.3. The first-order chi connectivity index (χ1) is 9.61. The Morgan fingerprint density at radius 3 is 1.80 bits per heavy atom. The molecule has 0 bridgehead atoms. The number of carbonyl (C=O) groups is 3. The fraction of sp³-hybridized carbons (Fsp3) is 0.688. The smallest absolute Gasteiger partial charge is 0.253 e. The molecule has 0 aromatic heterocycles. The van der Waals surface area contributed by atoms with Crippen LogP contribution in [0.3, 0.4) is 0 Å². The van der Waals surface area contributed by atoms with E-state index in [0.717, 1.165) is 32.1 Å². The molecule has 1 heterocycles. The second-order valence-electron chi connectivity index (χ2n) is 5.44. The summed E-state index contributed by atoms with van der Waals surface area (Å²) in [4.78, 5) is 34.6. The van der Waals surface area contributed by atoms with Crippen LogP contribution < -0.4 is 0 Å². The van der Waals surface area contributed by atoms with Gasteiger partial charge in [-0.25, -0.2) is 0 Å². The molecule has 0 aromatic rings. The summed E-state index contributed by atoms with van der Waals surface area (Å²) in [7, 11) is 0. The number of hydrogen-bond donors (Lipinski definition) is 0. The molecule has 0 N–H and O–H groups in total. The molecule has 0 fully saturated rings. The van der Waals surface area contributed by atoms with E-state index >= 15 is 0 Å². The summed E-state index contributed by atoms with van der Waals surface area (Å²) in [6.45, 7) is 2.19. The van der Waals surface area contributed by atoms with Crippen LogP contribution in [0.4, 0.5) is 0 Å². The van der Waals surface area contributed by atoms with E-state index in [0.29, 0.717) is 13.0 Å². The first-order valence-electron chi connectivity index (χ1n) is 7.64. The standard InChI is InChI=1S/C16H25NO3/c1-14(18)10-8-6-4-2-3-5-7-9-13-17-15(19)11-12-16(17)20/h11-12H,2-10,13H2,1H3. The summed E-state index contributed by atoms with van der Waals surface area (Å²) in [6.07, 6.45) is 12.2. The predicted octanol–water partition coefficient (Wildman–Crippen LogP) is 3.01. The Morgan fingerprint density at radius 2 is 1.30 bits per heavy atom. The van der Waals surface area contributed by atoms with Crippen molar-refractivity contribution < 1.29 is 14.4 Å². The molecule has 20 heavy (non-hydrogen) atoms. The number of amides is 2. The lowest BCUT2D eigenvalue weighted by molar-refractivity contribution is -0.136. The summed E-state index contributed by atoms with van der Waals surface area (Å²) in [5, 5.41) is 0. The van der Waals surface area contributed by atoms with Crippen LogP contribution in [-0.2, 0) is 14.4 Å². The summed E-state index contributed by atoms with van der Waals surface area (Å²) in [5.74, 6) is -0.0774.